The fraction of sp³-hybridized carbons (Fsp3) is 0.583. The summed E-state index contributed by atoms with van der Waals surface area (Å²) in [4.78, 5) is 19.3. The zero-order valence-electron chi connectivity index (χ0n) is 9.78. The number of ether oxygens (including phenoxy) is 1. The lowest BCUT2D eigenvalue weighted by molar-refractivity contribution is -0.121. The smallest absolute Gasteiger partial charge is 0.236 e. The Kier molecular flexibility index (Phi) is 3.94. The van der Waals surface area contributed by atoms with Gasteiger partial charge in [-0.25, -0.2) is 9.97 Å². The molecule has 1 saturated carbocycles. The molecule has 17 heavy (non-hydrogen) atoms. The van der Waals surface area contributed by atoms with Gasteiger partial charge in [0.1, 0.15) is 23.2 Å². The molecule has 0 bridgehead atoms. The molecule has 1 fully saturated rings. The number of nitrogens with zero attached hydrogens (tertiary/aromatic N) is 2. The third-order valence-electron chi connectivity index (χ3n) is 2.93. The van der Waals surface area contributed by atoms with Crippen LogP contribution in [0, 0.1) is 0 Å². The number of hydrogen-bond acceptors (Lipinski definition) is 4. The van der Waals surface area contributed by atoms with Crippen molar-refractivity contribution in [2.75, 3.05) is 0 Å². The summed E-state index contributed by atoms with van der Waals surface area (Å²) < 4.78 is 5.74. The Morgan fingerprint density at radius 3 is 2.76 bits per heavy atom. The van der Waals surface area contributed by atoms with Crippen molar-refractivity contribution in [2.24, 2.45) is 0 Å². The summed E-state index contributed by atoms with van der Waals surface area (Å²) in [6.45, 7) is 1.98. The molecule has 2 rings (SSSR count). The number of hydrogen-bond donors (Lipinski definition) is 0. The standard InChI is InChI=1S/C12H15ClN2O2/c1-2-10-11(13)12(15-7-14-10)17-9-5-3-8(16)4-6-9/h7,9H,2-6H2,1H3. The maximum atomic E-state index is 11.1. The summed E-state index contributed by atoms with van der Waals surface area (Å²) in [5, 5.41) is 0.493. The highest BCUT2D eigenvalue weighted by Crippen LogP contribution is 2.28. The van der Waals surface area contributed by atoms with Crippen LogP contribution < -0.4 is 4.74 Å². The van der Waals surface area contributed by atoms with Crippen LogP contribution in [0.15, 0.2) is 6.33 Å². The van der Waals surface area contributed by atoms with Crippen LogP contribution >= 0.6 is 11.6 Å². The van der Waals surface area contributed by atoms with E-state index in [9.17, 15) is 4.79 Å². The largest absolute Gasteiger partial charge is 0.473 e. The number of halogens is 1. The van der Waals surface area contributed by atoms with Gasteiger partial charge in [-0.15, -0.1) is 0 Å². The molecule has 1 aliphatic rings. The molecule has 0 saturated heterocycles. The van der Waals surface area contributed by atoms with Gasteiger partial charge in [0.25, 0.3) is 0 Å². The Balaban J connectivity index is 2.06. The average Bonchev–Trinajstić information content (AvgIpc) is 2.35. The second-order valence-electron chi connectivity index (χ2n) is 4.15. The van der Waals surface area contributed by atoms with Crippen LogP contribution in [0.4, 0.5) is 0 Å². The minimum atomic E-state index is 0.0461. The fourth-order valence-corrected chi connectivity index (χ4v) is 2.18. The number of Topliss-reactive ketones (excluding diaryl/α,β-unsaturated/α-hetero) is 1. The summed E-state index contributed by atoms with van der Waals surface area (Å²) in [7, 11) is 0. The maximum Gasteiger partial charge on any atom is 0.236 e. The van der Waals surface area contributed by atoms with Gasteiger partial charge >= 0.3 is 0 Å². The molecule has 0 aromatic carbocycles. The summed E-state index contributed by atoms with van der Waals surface area (Å²) >= 11 is 6.14. The molecule has 0 atom stereocenters. The number of carbonyl (C=O) groups is 1. The number of aryl methyl sites for hydroxylation is 1. The molecule has 0 N–H and O–H groups in total. The predicted molar refractivity (Wildman–Crippen MR) is 64.3 cm³/mol. The minimum Gasteiger partial charge on any atom is -0.473 e. The Labute approximate surface area is 105 Å². The second-order valence-corrected chi connectivity index (χ2v) is 4.53. The Morgan fingerprint density at radius 1 is 1.41 bits per heavy atom. The van der Waals surface area contributed by atoms with Gasteiger partial charge in [0.05, 0.1) is 5.69 Å². The molecule has 0 unspecified atom stereocenters. The van der Waals surface area contributed by atoms with Gasteiger partial charge in [0, 0.05) is 12.8 Å². The van der Waals surface area contributed by atoms with Crippen molar-refractivity contribution in [1.82, 2.24) is 9.97 Å². The van der Waals surface area contributed by atoms with E-state index < -0.39 is 0 Å². The van der Waals surface area contributed by atoms with E-state index in [0.717, 1.165) is 25.0 Å². The van der Waals surface area contributed by atoms with E-state index in [0.29, 0.717) is 29.5 Å². The number of rotatable bonds is 3. The van der Waals surface area contributed by atoms with Crippen LogP contribution in [-0.2, 0) is 11.2 Å². The molecule has 5 heteroatoms. The first kappa shape index (κ1) is 12.3. The van der Waals surface area contributed by atoms with Crippen molar-refractivity contribution < 1.29 is 9.53 Å². The first-order valence-electron chi connectivity index (χ1n) is 5.88. The van der Waals surface area contributed by atoms with E-state index in [2.05, 4.69) is 9.97 Å². The molecule has 0 aliphatic heterocycles. The normalized spacial score (nSPS) is 17.2. The summed E-state index contributed by atoms with van der Waals surface area (Å²) in [6.07, 6.45) is 4.95. The average molecular weight is 255 g/mol. The molecular formula is C12H15ClN2O2. The lowest BCUT2D eigenvalue weighted by Crippen LogP contribution is -2.24. The minimum absolute atomic E-state index is 0.0461. The molecule has 92 valence electrons. The van der Waals surface area contributed by atoms with Crippen molar-refractivity contribution in [3.05, 3.63) is 17.0 Å². The third kappa shape index (κ3) is 2.94. The van der Waals surface area contributed by atoms with Crippen LogP contribution in [0.25, 0.3) is 0 Å². The molecule has 1 aromatic heterocycles. The van der Waals surface area contributed by atoms with E-state index in [-0.39, 0.29) is 6.10 Å². The number of ketones is 1. The lowest BCUT2D eigenvalue weighted by Gasteiger charge is -2.22. The first-order valence-corrected chi connectivity index (χ1v) is 6.26. The second kappa shape index (κ2) is 5.45. The molecule has 1 aromatic rings. The zero-order chi connectivity index (χ0) is 12.3. The summed E-state index contributed by atoms with van der Waals surface area (Å²) in [6, 6.07) is 0. The van der Waals surface area contributed by atoms with Crippen molar-refractivity contribution in [3.63, 3.8) is 0 Å². The summed E-state index contributed by atoms with van der Waals surface area (Å²) in [5.41, 5.74) is 0.795. The van der Waals surface area contributed by atoms with Gasteiger partial charge in [-0.05, 0) is 19.3 Å². The molecular weight excluding hydrogens is 240 g/mol. The molecule has 0 radical (unpaired) electrons. The van der Waals surface area contributed by atoms with Crippen LogP contribution in [0.1, 0.15) is 38.3 Å². The third-order valence-corrected chi connectivity index (χ3v) is 3.31. The molecule has 4 nitrogen and oxygen atoms in total. The van der Waals surface area contributed by atoms with E-state index in [1.807, 2.05) is 6.92 Å². The molecule has 0 spiro atoms. The Bertz CT molecular complexity index is 413. The molecule has 1 heterocycles. The van der Waals surface area contributed by atoms with Gasteiger partial charge in [-0.2, -0.15) is 0 Å². The lowest BCUT2D eigenvalue weighted by atomic mass is 9.96. The van der Waals surface area contributed by atoms with Gasteiger partial charge in [0.2, 0.25) is 5.88 Å². The van der Waals surface area contributed by atoms with Crippen molar-refractivity contribution in [2.45, 2.75) is 45.1 Å². The van der Waals surface area contributed by atoms with Gasteiger partial charge < -0.3 is 4.74 Å². The zero-order valence-corrected chi connectivity index (χ0v) is 10.5. The van der Waals surface area contributed by atoms with Crippen molar-refractivity contribution >= 4 is 17.4 Å². The quantitative estimate of drug-likeness (QED) is 0.832. The SMILES string of the molecule is CCc1ncnc(OC2CCC(=O)CC2)c1Cl. The van der Waals surface area contributed by atoms with Crippen molar-refractivity contribution in [1.29, 1.82) is 0 Å². The highest BCUT2D eigenvalue weighted by molar-refractivity contribution is 6.32. The maximum absolute atomic E-state index is 11.1. The first-order chi connectivity index (χ1) is 8.20. The van der Waals surface area contributed by atoms with Crippen molar-refractivity contribution in [3.8, 4) is 5.88 Å². The van der Waals surface area contributed by atoms with E-state index >= 15 is 0 Å². The Hall–Kier alpha value is -1.16. The van der Waals surface area contributed by atoms with Crippen LogP contribution in [0.5, 0.6) is 5.88 Å². The fourth-order valence-electron chi connectivity index (χ4n) is 1.91. The van der Waals surface area contributed by atoms with Crippen LogP contribution in [0.3, 0.4) is 0 Å². The highest BCUT2D eigenvalue weighted by Gasteiger charge is 2.21. The monoisotopic (exact) mass is 254 g/mol. The number of carbonyl (C=O) groups excluding carboxylic acids is 1. The van der Waals surface area contributed by atoms with E-state index in [1.54, 1.807) is 0 Å². The Morgan fingerprint density at radius 2 is 2.12 bits per heavy atom. The van der Waals surface area contributed by atoms with E-state index in [4.69, 9.17) is 16.3 Å². The van der Waals surface area contributed by atoms with Crippen LogP contribution in [-0.4, -0.2) is 21.9 Å². The number of aromatic nitrogens is 2. The predicted octanol–water partition coefficient (Wildman–Crippen LogP) is 2.58. The topological polar surface area (TPSA) is 52.1 Å². The van der Waals surface area contributed by atoms with Crippen LogP contribution in [0.2, 0.25) is 5.02 Å². The van der Waals surface area contributed by atoms with E-state index in [1.165, 1.54) is 6.33 Å². The molecule has 1 aliphatic carbocycles. The molecule has 0 amide bonds. The van der Waals surface area contributed by atoms with Gasteiger partial charge in [-0.3, -0.25) is 4.79 Å². The highest BCUT2D eigenvalue weighted by atomic mass is 35.5. The van der Waals surface area contributed by atoms with Gasteiger partial charge in [-0.1, -0.05) is 18.5 Å². The van der Waals surface area contributed by atoms with Gasteiger partial charge in [0.15, 0.2) is 0 Å². The summed E-state index contributed by atoms with van der Waals surface area (Å²) in [5.74, 6) is 0.755.